The lowest BCUT2D eigenvalue weighted by Gasteiger charge is -2.00. The van der Waals surface area contributed by atoms with Crippen LogP contribution in [0.15, 0.2) is 0 Å². The topological polar surface area (TPSA) is 26.3 Å². The zero-order valence-corrected chi connectivity index (χ0v) is 10.4. The Labute approximate surface area is 90.1 Å². The highest BCUT2D eigenvalue weighted by Gasteiger charge is 1.98. The summed E-state index contributed by atoms with van der Waals surface area (Å²) in [5.74, 6) is -0.110. The predicted molar refractivity (Wildman–Crippen MR) is 63.0 cm³/mol. The SMILES string of the molecule is CCCCCCCCCCC(=O)OP. The number of rotatable bonds is 9. The quantitative estimate of drug-likeness (QED) is 0.434. The van der Waals surface area contributed by atoms with E-state index in [1.54, 1.807) is 0 Å². The molecule has 1 atom stereocenters. The summed E-state index contributed by atoms with van der Waals surface area (Å²) >= 11 is 0. The van der Waals surface area contributed by atoms with Gasteiger partial charge in [0.15, 0.2) is 0 Å². The molecule has 0 aliphatic carbocycles. The van der Waals surface area contributed by atoms with Crippen LogP contribution in [0.1, 0.15) is 64.7 Å². The first kappa shape index (κ1) is 13.9. The maximum Gasteiger partial charge on any atom is 0.307 e. The van der Waals surface area contributed by atoms with E-state index in [4.69, 9.17) is 0 Å². The van der Waals surface area contributed by atoms with Crippen LogP contribution in [0.3, 0.4) is 0 Å². The first-order chi connectivity index (χ1) is 6.81. The lowest BCUT2D eigenvalue weighted by molar-refractivity contribution is -0.133. The number of carbonyl (C=O) groups is 1. The van der Waals surface area contributed by atoms with E-state index in [0.717, 1.165) is 12.8 Å². The van der Waals surface area contributed by atoms with Gasteiger partial charge >= 0.3 is 5.97 Å². The maximum absolute atomic E-state index is 10.7. The number of hydrogen-bond donors (Lipinski definition) is 0. The Morgan fingerprint density at radius 1 is 1.00 bits per heavy atom. The number of unbranched alkanes of at least 4 members (excludes halogenated alkanes) is 7. The maximum atomic E-state index is 10.7. The van der Waals surface area contributed by atoms with Crippen molar-refractivity contribution in [3.05, 3.63) is 0 Å². The average Bonchev–Trinajstić information content (AvgIpc) is 2.21. The molecule has 0 heterocycles. The Balaban J connectivity index is 2.95. The van der Waals surface area contributed by atoms with E-state index in [2.05, 4.69) is 11.4 Å². The van der Waals surface area contributed by atoms with Crippen molar-refractivity contribution < 1.29 is 9.32 Å². The second-order valence-electron chi connectivity index (χ2n) is 3.71. The summed E-state index contributed by atoms with van der Waals surface area (Å²) in [6.45, 7) is 2.23. The van der Waals surface area contributed by atoms with E-state index in [0.29, 0.717) is 6.42 Å². The third kappa shape index (κ3) is 9.98. The van der Waals surface area contributed by atoms with Crippen molar-refractivity contribution in [2.24, 2.45) is 0 Å². The van der Waals surface area contributed by atoms with Crippen LogP contribution < -0.4 is 0 Å². The summed E-state index contributed by atoms with van der Waals surface area (Å²) in [7, 11) is 2.00. The van der Waals surface area contributed by atoms with Gasteiger partial charge in [-0.15, -0.1) is 0 Å². The monoisotopic (exact) mass is 218 g/mol. The lowest BCUT2D eigenvalue weighted by atomic mass is 10.1. The molecular weight excluding hydrogens is 195 g/mol. The van der Waals surface area contributed by atoms with Gasteiger partial charge in [0, 0.05) is 6.42 Å². The fraction of sp³-hybridized carbons (Fsp3) is 0.909. The van der Waals surface area contributed by atoms with Crippen molar-refractivity contribution in [3.63, 3.8) is 0 Å². The van der Waals surface area contributed by atoms with Gasteiger partial charge in [-0.25, -0.2) is 0 Å². The molecule has 0 bridgehead atoms. The molecule has 0 aromatic rings. The summed E-state index contributed by atoms with van der Waals surface area (Å²) in [4.78, 5) is 10.7. The van der Waals surface area contributed by atoms with Gasteiger partial charge in [-0.3, -0.25) is 4.79 Å². The minimum Gasteiger partial charge on any atom is -0.452 e. The average molecular weight is 218 g/mol. The van der Waals surface area contributed by atoms with E-state index in [9.17, 15) is 4.79 Å². The molecule has 1 unspecified atom stereocenters. The van der Waals surface area contributed by atoms with Gasteiger partial charge in [0.1, 0.15) is 0 Å². The molecule has 0 saturated carbocycles. The van der Waals surface area contributed by atoms with Crippen molar-refractivity contribution in [1.29, 1.82) is 0 Å². The predicted octanol–water partition coefficient (Wildman–Crippen LogP) is 3.85. The van der Waals surface area contributed by atoms with E-state index in [1.807, 2.05) is 9.47 Å². The second kappa shape index (κ2) is 11.0. The fourth-order valence-electron chi connectivity index (χ4n) is 1.46. The van der Waals surface area contributed by atoms with Crippen LogP contribution in [0.4, 0.5) is 0 Å². The molecule has 3 heteroatoms. The van der Waals surface area contributed by atoms with Crippen molar-refractivity contribution in [2.75, 3.05) is 0 Å². The largest absolute Gasteiger partial charge is 0.452 e. The smallest absolute Gasteiger partial charge is 0.307 e. The lowest BCUT2D eigenvalue weighted by Crippen LogP contribution is -1.95. The molecule has 0 fully saturated rings. The van der Waals surface area contributed by atoms with Gasteiger partial charge in [0.05, 0.1) is 9.47 Å². The van der Waals surface area contributed by atoms with E-state index in [1.165, 1.54) is 38.5 Å². The highest BCUT2D eigenvalue weighted by Crippen LogP contribution is 2.10. The Kier molecular flexibility index (Phi) is 10.9. The Morgan fingerprint density at radius 2 is 1.50 bits per heavy atom. The van der Waals surface area contributed by atoms with Crippen LogP contribution >= 0.6 is 9.47 Å². The molecule has 0 aliphatic heterocycles. The Bertz CT molecular complexity index is 137. The minimum absolute atomic E-state index is 0.110. The summed E-state index contributed by atoms with van der Waals surface area (Å²) in [6, 6.07) is 0. The van der Waals surface area contributed by atoms with Crippen molar-refractivity contribution >= 4 is 15.4 Å². The van der Waals surface area contributed by atoms with Gasteiger partial charge in [-0.1, -0.05) is 51.9 Å². The molecule has 0 saturated heterocycles. The third-order valence-electron chi connectivity index (χ3n) is 2.37. The van der Waals surface area contributed by atoms with Crippen LogP contribution in [0.25, 0.3) is 0 Å². The zero-order chi connectivity index (χ0) is 10.6. The highest BCUT2D eigenvalue weighted by molar-refractivity contribution is 7.10. The summed E-state index contributed by atoms with van der Waals surface area (Å²) in [5.41, 5.74) is 0. The fourth-order valence-corrected chi connectivity index (χ4v) is 1.58. The summed E-state index contributed by atoms with van der Waals surface area (Å²) < 4.78 is 4.49. The molecule has 0 N–H and O–H groups in total. The normalized spacial score (nSPS) is 10.1. The molecule has 0 aromatic carbocycles. The second-order valence-corrected chi connectivity index (χ2v) is 3.95. The van der Waals surface area contributed by atoms with Gasteiger partial charge in [-0.2, -0.15) is 0 Å². The minimum atomic E-state index is -0.110. The van der Waals surface area contributed by atoms with E-state index >= 15 is 0 Å². The molecule has 14 heavy (non-hydrogen) atoms. The van der Waals surface area contributed by atoms with Gasteiger partial charge in [-0.05, 0) is 6.42 Å². The molecule has 0 spiro atoms. The highest BCUT2D eigenvalue weighted by atomic mass is 31.0. The zero-order valence-electron chi connectivity index (χ0n) is 9.26. The van der Waals surface area contributed by atoms with E-state index in [-0.39, 0.29) is 5.97 Å². The van der Waals surface area contributed by atoms with Crippen LogP contribution in [0.2, 0.25) is 0 Å². The molecule has 84 valence electrons. The van der Waals surface area contributed by atoms with Crippen molar-refractivity contribution in [2.45, 2.75) is 64.7 Å². The van der Waals surface area contributed by atoms with Gasteiger partial charge < -0.3 is 4.52 Å². The Hall–Kier alpha value is -0.100. The molecule has 0 rings (SSSR count). The number of hydrogen-bond acceptors (Lipinski definition) is 2. The standard InChI is InChI=1S/C11H23O2P/c1-2-3-4-5-6-7-8-9-10-11(12)13-14/h2-10,14H2,1H3. The molecule has 0 aliphatic rings. The van der Waals surface area contributed by atoms with Gasteiger partial charge in [0.2, 0.25) is 0 Å². The van der Waals surface area contributed by atoms with Crippen LogP contribution in [0, 0.1) is 0 Å². The molecule has 0 radical (unpaired) electrons. The first-order valence-corrected chi connectivity index (χ1v) is 6.18. The van der Waals surface area contributed by atoms with Gasteiger partial charge in [0.25, 0.3) is 0 Å². The van der Waals surface area contributed by atoms with Crippen LogP contribution in [-0.4, -0.2) is 5.97 Å². The number of carbonyl (C=O) groups excluding carboxylic acids is 1. The van der Waals surface area contributed by atoms with E-state index < -0.39 is 0 Å². The van der Waals surface area contributed by atoms with Crippen molar-refractivity contribution in [1.82, 2.24) is 0 Å². The van der Waals surface area contributed by atoms with Crippen LogP contribution in [-0.2, 0) is 9.32 Å². The van der Waals surface area contributed by atoms with Crippen LogP contribution in [0.5, 0.6) is 0 Å². The summed E-state index contributed by atoms with van der Waals surface area (Å²) in [5, 5.41) is 0. The molecule has 0 amide bonds. The van der Waals surface area contributed by atoms with Crippen molar-refractivity contribution in [3.8, 4) is 0 Å². The third-order valence-corrected chi connectivity index (χ3v) is 2.63. The first-order valence-electron chi connectivity index (χ1n) is 5.70. The summed E-state index contributed by atoms with van der Waals surface area (Å²) in [6.07, 6.45) is 10.7. The Morgan fingerprint density at radius 3 is 2.00 bits per heavy atom. The molecule has 2 nitrogen and oxygen atoms in total. The molecular formula is C11H23O2P. The molecule has 0 aromatic heterocycles.